The standard InChI is InChI=1S/C28H30ClN3O6S2/c1-17-14-18(2)20(4)27(19(17)3)40(37,38)31(13-12-21-6-5-7-22(29)15-21)25-16-26(33)32(28(25)34)23-8-10-24(11-9-23)39(30,35)36/h5-11,14-15,25H,12-13,16H2,1-4H3,(H2,30,35,36). The zero-order valence-corrected chi connectivity index (χ0v) is 24.9. The van der Waals surface area contributed by atoms with Crippen molar-refractivity contribution < 1.29 is 26.4 Å². The normalized spacial score (nSPS) is 16.3. The van der Waals surface area contributed by atoms with E-state index in [1.54, 1.807) is 32.0 Å². The molecule has 0 aromatic heterocycles. The number of anilines is 1. The fourth-order valence-corrected chi connectivity index (χ4v) is 7.85. The molecule has 1 atom stereocenters. The highest BCUT2D eigenvalue weighted by atomic mass is 35.5. The number of nitrogens with two attached hydrogens (primary N) is 1. The first-order valence-electron chi connectivity index (χ1n) is 12.5. The Labute approximate surface area is 239 Å². The third-order valence-electron chi connectivity index (χ3n) is 7.27. The van der Waals surface area contributed by atoms with Crippen molar-refractivity contribution in [1.82, 2.24) is 4.31 Å². The summed E-state index contributed by atoms with van der Waals surface area (Å²) in [4.78, 5) is 27.7. The average Bonchev–Trinajstić information content (AvgIpc) is 3.15. The summed E-state index contributed by atoms with van der Waals surface area (Å²) in [6.07, 6.45) is -0.114. The van der Waals surface area contributed by atoms with E-state index in [4.69, 9.17) is 16.7 Å². The molecule has 1 fully saturated rings. The molecule has 1 aliphatic heterocycles. The molecule has 1 unspecified atom stereocenters. The Balaban J connectivity index is 1.78. The number of hydrogen-bond acceptors (Lipinski definition) is 6. The lowest BCUT2D eigenvalue weighted by atomic mass is 10.0. The lowest BCUT2D eigenvalue weighted by Gasteiger charge is -2.29. The summed E-state index contributed by atoms with van der Waals surface area (Å²) in [5.74, 6) is -1.32. The van der Waals surface area contributed by atoms with Crippen LogP contribution in [0.25, 0.3) is 0 Å². The number of carbonyl (C=O) groups excluding carboxylic acids is 2. The molecular formula is C28H30ClN3O6S2. The molecule has 1 aliphatic rings. The van der Waals surface area contributed by atoms with E-state index in [-0.39, 0.29) is 34.9 Å². The molecule has 9 nitrogen and oxygen atoms in total. The van der Waals surface area contributed by atoms with E-state index in [1.807, 2.05) is 26.0 Å². The maximum absolute atomic E-state index is 14.3. The van der Waals surface area contributed by atoms with Gasteiger partial charge in [-0.1, -0.05) is 29.8 Å². The summed E-state index contributed by atoms with van der Waals surface area (Å²) >= 11 is 6.14. The van der Waals surface area contributed by atoms with Crippen LogP contribution < -0.4 is 10.0 Å². The second-order valence-corrected chi connectivity index (χ2v) is 13.7. The van der Waals surface area contributed by atoms with Gasteiger partial charge in [0.1, 0.15) is 6.04 Å². The topological polar surface area (TPSA) is 135 Å². The molecule has 0 aliphatic carbocycles. The minimum atomic E-state index is -4.25. The summed E-state index contributed by atoms with van der Waals surface area (Å²) in [5.41, 5.74) is 3.62. The van der Waals surface area contributed by atoms with Crippen LogP contribution in [0.15, 0.2) is 64.4 Å². The SMILES string of the molecule is Cc1cc(C)c(C)c(S(=O)(=O)N(CCc2cccc(Cl)c2)C2CC(=O)N(c3ccc(S(N)(=O)=O)cc3)C2=O)c1C. The van der Waals surface area contributed by atoms with Crippen molar-refractivity contribution in [2.24, 2.45) is 5.14 Å². The number of rotatable bonds is 8. The van der Waals surface area contributed by atoms with Gasteiger partial charge in [-0.25, -0.2) is 26.9 Å². The Morgan fingerprint density at radius 3 is 2.08 bits per heavy atom. The molecular weight excluding hydrogens is 574 g/mol. The van der Waals surface area contributed by atoms with Crippen LogP contribution in [0.5, 0.6) is 0 Å². The summed E-state index contributed by atoms with van der Waals surface area (Å²) in [7, 11) is -8.24. The minimum Gasteiger partial charge on any atom is -0.274 e. The lowest BCUT2D eigenvalue weighted by Crippen LogP contribution is -2.46. The molecule has 0 bridgehead atoms. The van der Waals surface area contributed by atoms with Crippen LogP contribution in [-0.2, 0) is 36.1 Å². The van der Waals surface area contributed by atoms with Gasteiger partial charge < -0.3 is 0 Å². The number of halogens is 1. The van der Waals surface area contributed by atoms with E-state index in [0.717, 1.165) is 25.9 Å². The van der Waals surface area contributed by atoms with Crippen molar-refractivity contribution in [3.8, 4) is 0 Å². The lowest BCUT2D eigenvalue weighted by molar-refractivity contribution is -0.122. The van der Waals surface area contributed by atoms with Gasteiger partial charge >= 0.3 is 0 Å². The molecule has 0 radical (unpaired) electrons. The van der Waals surface area contributed by atoms with Crippen molar-refractivity contribution in [3.05, 3.63) is 87.4 Å². The van der Waals surface area contributed by atoms with Gasteiger partial charge in [-0.3, -0.25) is 9.59 Å². The van der Waals surface area contributed by atoms with Crippen LogP contribution >= 0.6 is 11.6 Å². The second-order valence-electron chi connectivity index (χ2n) is 9.91. The first-order chi connectivity index (χ1) is 18.6. The van der Waals surface area contributed by atoms with Crippen LogP contribution in [0, 0.1) is 27.7 Å². The smallest absolute Gasteiger partial charge is 0.252 e. The summed E-state index contributed by atoms with van der Waals surface area (Å²) < 4.78 is 53.1. The number of hydrogen-bond donors (Lipinski definition) is 1. The molecule has 3 aromatic carbocycles. The van der Waals surface area contributed by atoms with Gasteiger partial charge in [-0.15, -0.1) is 0 Å². The Kier molecular flexibility index (Phi) is 8.26. The van der Waals surface area contributed by atoms with Crippen LogP contribution in [0.4, 0.5) is 5.69 Å². The van der Waals surface area contributed by atoms with Crippen LogP contribution in [0.2, 0.25) is 5.02 Å². The zero-order valence-electron chi connectivity index (χ0n) is 22.5. The highest BCUT2D eigenvalue weighted by molar-refractivity contribution is 7.89. The van der Waals surface area contributed by atoms with E-state index in [0.29, 0.717) is 16.1 Å². The quantitative estimate of drug-likeness (QED) is 0.389. The number of amides is 2. The molecule has 1 saturated heterocycles. The van der Waals surface area contributed by atoms with Gasteiger partial charge in [0, 0.05) is 11.6 Å². The first kappa shape index (κ1) is 29.9. The molecule has 1 heterocycles. The van der Waals surface area contributed by atoms with E-state index < -0.39 is 37.9 Å². The number of primary sulfonamides is 1. The summed E-state index contributed by atoms with van der Waals surface area (Å²) in [6.45, 7) is 7.04. The minimum absolute atomic E-state index is 0.0730. The van der Waals surface area contributed by atoms with E-state index >= 15 is 0 Å². The number of aryl methyl sites for hydroxylation is 2. The maximum Gasteiger partial charge on any atom is 0.252 e. The zero-order chi connectivity index (χ0) is 29.6. The fourth-order valence-electron chi connectivity index (χ4n) is 4.96. The first-order valence-corrected chi connectivity index (χ1v) is 15.8. The fraction of sp³-hybridized carbons (Fsp3) is 0.286. The third-order valence-corrected chi connectivity index (χ3v) is 10.6. The third kappa shape index (κ3) is 5.70. The predicted octanol–water partition coefficient (Wildman–Crippen LogP) is 3.79. The monoisotopic (exact) mass is 603 g/mol. The van der Waals surface area contributed by atoms with Gasteiger partial charge in [0.25, 0.3) is 5.91 Å². The number of carbonyl (C=O) groups is 2. The van der Waals surface area contributed by atoms with Crippen LogP contribution in [0.1, 0.15) is 34.2 Å². The summed E-state index contributed by atoms with van der Waals surface area (Å²) in [5, 5.41) is 5.65. The van der Waals surface area contributed by atoms with Crippen molar-refractivity contribution in [2.75, 3.05) is 11.4 Å². The maximum atomic E-state index is 14.3. The molecule has 2 N–H and O–H groups in total. The van der Waals surface area contributed by atoms with Crippen molar-refractivity contribution in [2.45, 2.75) is 56.4 Å². The molecule has 40 heavy (non-hydrogen) atoms. The predicted molar refractivity (Wildman–Crippen MR) is 153 cm³/mol. The Bertz CT molecular complexity index is 1700. The van der Waals surface area contributed by atoms with Gasteiger partial charge in [-0.2, -0.15) is 4.31 Å². The number of nitrogens with zero attached hydrogens (tertiary/aromatic N) is 2. The van der Waals surface area contributed by atoms with Gasteiger partial charge in [0.05, 0.1) is 21.9 Å². The molecule has 0 saturated carbocycles. The molecule has 0 spiro atoms. The van der Waals surface area contributed by atoms with E-state index in [1.165, 1.54) is 24.3 Å². The average molecular weight is 604 g/mol. The van der Waals surface area contributed by atoms with Gasteiger partial charge in [0.15, 0.2) is 0 Å². The van der Waals surface area contributed by atoms with Gasteiger partial charge in [0.2, 0.25) is 26.0 Å². The molecule has 12 heteroatoms. The Hall–Kier alpha value is -3.09. The van der Waals surface area contributed by atoms with Crippen LogP contribution in [-0.4, -0.2) is 45.5 Å². The van der Waals surface area contributed by atoms with Crippen molar-refractivity contribution >= 4 is 49.1 Å². The van der Waals surface area contributed by atoms with E-state index in [9.17, 15) is 26.4 Å². The molecule has 4 rings (SSSR count). The van der Waals surface area contributed by atoms with E-state index in [2.05, 4.69) is 0 Å². The number of imide groups is 1. The van der Waals surface area contributed by atoms with Crippen LogP contribution in [0.3, 0.4) is 0 Å². The molecule has 212 valence electrons. The Morgan fingerprint density at radius 1 is 0.925 bits per heavy atom. The van der Waals surface area contributed by atoms with Gasteiger partial charge in [-0.05, 0) is 98.3 Å². The Morgan fingerprint density at radius 2 is 1.52 bits per heavy atom. The number of sulfonamides is 2. The molecule has 2 amide bonds. The largest absolute Gasteiger partial charge is 0.274 e. The summed E-state index contributed by atoms with van der Waals surface area (Å²) in [6, 6.07) is 12.6. The van der Waals surface area contributed by atoms with Crippen molar-refractivity contribution in [1.29, 1.82) is 0 Å². The second kappa shape index (κ2) is 11.1. The van der Waals surface area contributed by atoms with Crippen molar-refractivity contribution in [3.63, 3.8) is 0 Å². The highest BCUT2D eigenvalue weighted by Crippen LogP contribution is 2.34. The number of benzene rings is 3. The highest BCUT2D eigenvalue weighted by Gasteiger charge is 2.47. The molecule has 3 aromatic rings.